The molecular weight excluding hydrogens is 490 g/mol. The normalized spacial score (nSPS) is 11.9. The number of para-hydroxylation sites is 2. The molecule has 0 unspecified atom stereocenters. The molecule has 37 heavy (non-hydrogen) atoms. The van der Waals surface area contributed by atoms with Gasteiger partial charge >= 0.3 is 0 Å². The van der Waals surface area contributed by atoms with Gasteiger partial charge < -0.3 is 15.0 Å². The van der Waals surface area contributed by atoms with Crippen molar-refractivity contribution < 1.29 is 22.7 Å². The van der Waals surface area contributed by atoms with Crippen molar-refractivity contribution >= 4 is 27.5 Å². The number of carbonyl (C=O) groups excluding carboxylic acids is 2. The summed E-state index contributed by atoms with van der Waals surface area (Å²) in [6, 6.07) is 23.1. The third-order valence-corrected chi connectivity index (χ3v) is 7.67. The molecule has 3 aromatic carbocycles. The van der Waals surface area contributed by atoms with Gasteiger partial charge in [-0.1, -0.05) is 67.6 Å². The van der Waals surface area contributed by atoms with Crippen LogP contribution in [0, 0.1) is 0 Å². The van der Waals surface area contributed by atoms with E-state index in [2.05, 4.69) is 5.32 Å². The van der Waals surface area contributed by atoms with Crippen molar-refractivity contribution in [3.05, 3.63) is 90.5 Å². The van der Waals surface area contributed by atoms with Gasteiger partial charge in [0.1, 0.15) is 18.3 Å². The van der Waals surface area contributed by atoms with E-state index in [0.29, 0.717) is 18.7 Å². The molecule has 0 aliphatic rings. The maximum absolute atomic E-state index is 13.9. The van der Waals surface area contributed by atoms with E-state index in [-0.39, 0.29) is 23.0 Å². The maximum Gasteiger partial charge on any atom is 0.264 e. The van der Waals surface area contributed by atoms with Crippen LogP contribution in [0.4, 0.5) is 5.69 Å². The lowest BCUT2D eigenvalue weighted by molar-refractivity contribution is -0.140. The molecule has 0 saturated carbocycles. The first kappa shape index (κ1) is 27.7. The van der Waals surface area contributed by atoms with Crippen LogP contribution in [0.1, 0.15) is 25.8 Å². The van der Waals surface area contributed by atoms with Crippen molar-refractivity contribution in [2.75, 3.05) is 24.5 Å². The summed E-state index contributed by atoms with van der Waals surface area (Å²) >= 11 is 0. The molecule has 0 aliphatic carbocycles. The van der Waals surface area contributed by atoms with E-state index in [0.717, 1.165) is 9.87 Å². The second-order valence-corrected chi connectivity index (χ2v) is 10.2. The number of benzene rings is 3. The Morgan fingerprint density at radius 2 is 1.49 bits per heavy atom. The topological polar surface area (TPSA) is 96.0 Å². The zero-order valence-corrected chi connectivity index (χ0v) is 22.1. The number of anilines is 1. The van der Waals surface area contributed by atoms with Crippen molar-refractivity contribution in [1.29, 1.82) is 0 Å². The third kappa shape index (κ3) is 6.68. The fraction of sp³-hybridized carbons (Fsp3) is 0.286. The van der Waals surface area contributed by atoms with Gasteiger partial charge in [-0.15, -0.1) is 0 Å². The minimum Gasteiger partial charge on any atom is -0.495 e. The van der Waals surface area contributed by atoms with Gasteiger partial charge in [-0.2, -0.15) is 0 Å². The molecule has 0 radical (unpaired) electrons. The SMILES string of the molecule is CCNC(=O)[C@@H](CC)N(Cc1ccccc1)C(=O)CN(c1ccccc1OC)S(=O)(=O)c1ccccc1. The zero-order chi connectivity index (χ0) is 26.8. The highest BCUT2D eigenvalue weighted by molar-refractivity contribution is 7.92. The van der Waals surface area contributed by atoms with Crippen LogP contribution in [-0.2, 0) is 26.2 Å². The largest absolute Gasteiger partial charge is 0.495 e. The van der Waals surface area contributed by atoms with Gasteiger partial charge in [-0.05, 0) is 43.2 Å². The molecule has 0 aromatic heterocycles. The first-order valence-electron chi connectivity index (χ1n) is 12.1. The molecule has 0 saturated heterocycles. The van der Waals surface area contributed by atoms with E-state index in [4.69, 9.17) is 4.74 Å². The fourth-order valence-corrected chi connectivity index (χ4v) is 5.51. The maximum atomic E-state index is 13.9. The lowest BCUT2D eigenvalue weighted by Crippen LogP contribution is -2.52. The number of carbonyl (C=O) groups is 2. The molecule has 3 aromatic rings. The van der Waals surface area contributed by atoms with E-state index in [9.17, 15) is 18.0 Å². The molecule has 0 spiro atoms. The highest BCUT2D eigenvalue weighted by Gasteiger charge is 2.34. The van der Waals surface area contributed by atoms with Crippen LogP contribution in [-0.4, -0.2) is 51.4 Å². The van der Waals surface area contributed by atoms with Gasteiger partial charge in [0.15, 0.2) is 0 Å². The summed E-state index contributed by atoms with van der Waals surface area (Å²) in [7, 11) is -2.70. The molecular formula is C28H33N3O5S. The van der Waals surface area contributed by atoms with E-state index >= 15 is 0 Å². The highest BCUT2D eigenvalue weighted by Crippen LogP contribution is 2.32. The lowest BCUT2D eigenvalue weighted by atomic mass is 10.1. The minimum absolute atomic E-state index is 0.0408. The smallest absolute Gasteiger partial charge is 0.264 e. The number of hydrogen-bond donors (Lipinski definition) is 1. The van der Waals surface area contributed by atoms with Gasteiger partial charge in [-0.25, -0.2) is 8.42 Å². The molecule has 3 rings (SSSR count). The standard InChI is InChI=1S/C28H33N3O5S/c1-4-24(28(33)29-5-2)30(20-22-14-8-6-9-15-22)27(32)21-31(25-18-12-13-19-26(25)36-3)37(34,35)23-16-10-7-11-17-23/h6-19,24H,4-5,20-21H2,1-3H3,(H,29,33)/t24-/m1/s1. The summed E-state index contributed by atoms with van der Waals surface area (Å²) in [6.45, 7) is 3.69. The first-order valence-corrected chi connectivity index (χ1v) is 13.6. The quantitative estimate of drug-likeness (QED) is 0.389. The highest BCUT2D eigenvalue weighted by atomic mass is 32.2. The Morgan fingerprint density at radius 1 is 0.892 bits per heavy atom. The van der Waals surface area contributed by atoms with Gasteiger partial charge in [0, 0.05) is 13.1 Å². The molecule has 0 bridgehead atoms. The van der Waals surface area contributed by atoms with Crippen LogP contribution >= 0.6 is 0 Å². The summed E-state index contributed by atoms with van der Waals surface area (Å²) in [5.74, 6) is -0.489. The number of likely N-dealkylation sites (N-methyl/N-ethyl adjacent to an activating group) is 1. The molecule has 0 aliphatic heterocycles. The number of rotatable bonds is 12. The number of nitrogens with zero attached hydrogens (tertiary/aromatic N) is 2. The van der Waals surface area contributed by atoms with Crippen molar-refractivity contribution in [2.45, 2.75) is 37.8 Å². The molecule has 196 valence electrons. The monoisotopic (exact) mass is 523 g/mol. The second kappa shape index (κ2) is 12.9. The predicted octanol–water partition coefficient (Wildman–Crippen LogP) is 3.83. The van der Waals surface area contributed by atoms with Crippen LogP contribution in [0.15, 0.2) is 89.8 Å². The van der Waals surface area contributed by atoms with Gasteiger partial charge in [-0.3, -0.25) is 13.9 Å². The molecule has 1 N–H and O–H groups in total. The summed E-state index contributed by atoms with van der Waals surface area (Å²) in [5, 5.41) is 2.79. The Kier molecular flexibility index (Phi) is 9.68. The van der Waals surface area contributed by atoms with Crippen LogP contribution in [0.5, 0.6) is 5.75 Å². The van der Waals surface area contributed by atoms with Crippen molar-refractivity contribution in [3.63, 3.8) is 0 Å². The van der Waals surface area contributed by atoms with Crippen LogP contribution in [0.2, 0.25) is 0 Å². The second-order valence-electron chi connectivity index (χ2n) is 8.32. The fourth-order valence-electron chi connectivity index (χ4n) is 4.06. The molecule has 0 fully saturated rings. The Bertz CT molecular complexity index is 1280. The lowest BCUT2D eigenvalue weighted by Gasteiger charge is -2.33. The van der Waals surface area contributed by atoms with E-state index in [1.54, 1.807) is 42.5 Å². The number of ether oxygens (including phenoxy) is 1. The number of sulfonamides is 1. The molecule has 0 heterocycles. The number of nitrogens with one attached hydrogen (secondary N) is 1. The van der Waals surface area contributed by atoms with Crippen LogP contribution in [0.25, 0.3) is 0 Å². The molecule has 9 heteroatoms. The Morgan fingerprint density at radius 3 is 2.08 bits per heavy atom. The number of methoxy groups -OCH3 is 1. The Balaban J connectivity index is 2.07. The van der Waals surface area contributed by atoms with Gasteiger partial charge in [0.2, 0.25) is 11.8 Å². The van der Waals surface area contributed by atoms with E-state index < -0.39 is 28.5 Å². The zero-order valence-electron chi connectivity index (χ0n) is 21.3. The number of hydrogen-bond acceptors (Lipinski definition) is 5. The van der Waals surface area contributed by atoms with Crippen LogP contribution < -0.4 is 14.4 Å². The molecule has 2 amide bonds. The summed E-state index contributed by atoms with van der Waals surface area (Å²) in [5.41, 5.74) is 1.06. The van der Waals surface area contributed by atoms with E-state index in [1.165, 1.54) is 24.1 Å². The van der Waals surface area contributed by atoms with Gasteiger partial charge in [0.05, 0.1) is 17.7 Å². The minimum atomic E-state index is -4.15. The summed E-state index contributed by atoms with van der Waals surface area (Å²) < 4.78 is 34.1. The third-order valence-electron chi connectivity index (χ3n) is 5.90. The van der Waals surface area contributed by atoms with Crippen molar-refractivity contribution in [1.82, 2.24) is 10.2 Å². The van der Waals surface area contributed by atoms with Crippen LogP contribution in [0.3, 0.4) is 0 Å². The van der Waals surface area contributed by atoms with Crippen molar-refractivity contribution in [3.8, 4) is 5.75 Å². The average molecular weight is 524 g/mol. The number of amides is 2. The molecule has 1 atom stereocenters. The summed E-state index contributed by atoms with van der Waals surface area (Å²) in [4.78, 5) is 28.3. The van der Waals surface area contributed by atoms with Gasteiger partial charge in [0.25, 0.3) is 10.0 Å². The van der Waals surface area contributed by atoms with E-state index in [1.807, 2.05) is 44.2 Å². The molecule has 8 nitrogen and oxygen atoms in total. The predicted molar refractivity (Wildman–Crippen MR) is 144 cm³/mol. The first-order chi connectivity index (χ1) is 17.8. The van der Waals surface area contributed by atoms with Crippen molar-refractivity contribution in [2.24, 2.45) is 0 Å². The average Bonchev–Trinajstić information content (AvgIpc) is 2.92. The Hall–Kier alpha value is -3.85. The Labute approximate surface area is 218 Å². The summed E-state index contributed by atoms with van der Waals surface area (Å²) in [6.07, 6.45) is 0.366.